The summed E-state index contributed by atoms with van der Waals surface area (Å²) in [5, 5.41) is 0. The number of rotatable bonds is 3. The number of halogens is 1. The molecule has 0 fully saturated rings. The Morgan fingerprint density at radius 2 is 2.00 bits per heavy atom. The first-order valence-corrected chi connectivity index (χ1v) is 5.87. The highest BCUT2D eigenvalue weighted by Gasteiger charge is 2.05. The largest absolute Gasteiger partial charge is 0.497 e. The van der Waals surface area contributed by atoms with E-state index < -0.39 is 0 Å². The minimum atomic E-state index is -0.308. The van der Waals surface area contributed by atoms with E-state index in [1.54, 1.807) is 19.2 Å². The second kappa shape index (κ2) is 5.10. The molecule has 0 heterocycles. The number of hydrogen-bond acceptors (Lipinski definition) is 3. The summed E-state index contributed by atoms with van der Waals surface area (Å²) in [4.78, 5) is 1.47. The van der Waals surface area contributed by atoms with E-state index in [1.165, 1.54) is 17.8 Å². The van der Waals surface area contributed by atoms with Crippen LogP contribution in [0.15, 0.2) is 52.3 Å². The summed E-state index contributed by atoms with van der Waals surface area (Å²) >= 11 is 1.34. The number of nitrogen functional groups attached to an aromatic ring is 1. The summed E-state index contributed by atoms with van der Waals surface area (Å²) in [5.74, 6) is 0.448. The molecule has 0 aliphatic heterocycles. The van der Waals surface area contributed by atoms with Gasteiger partial charge in [0.15, 0.2) is 0 Å². The van der Waals surface area contributed by atoms with E-state index >= 15 is 0 Å². The van der Waals surface area contributed by atoms with Crippen molar-refractivity contribution in [3.8, 4) is 5.75 Å². The predicted molar refractivity (Wildman–Crippen MR) is 67.9 cm³/mol. The van der Waals surface area contributed by atoms with Crippen molar-refractivity contribution in [2.24, 2.45) is 0 Å². The normalized spacial score (nSPS) is 10.2. The number of benzene rings is 2. The van der Waals surface area contributed by atoms with Crippen LogP contribution in [-0.4, -0.2) is 7.11 Å². The van der Waals surface area contributed by atoms with Gasteiger partial charge in [0.05, 0.1) is 7.11 Å². The van der Waals surface area contributed by atoms with Gasteiger partial charge in [0.1, 0.15) is 11.6 Å². The van der Waals surface area contributed by atoms with Gasteiger partial charge in [-0.3, -0.25) is 0 Å². The molecule has 0 saturated carbocycles. The maximum Gasteiger partial charge on any atom is 0.139 e. The van der Waals surface area contributed by atoms with Crippen LogP contribution in [0.4, 0.5) is 10.1 Å². The first kappa shape index (κ1) is 11.8. The summed E-state index contributed by atoms with van der Waals surface area (Å²) in [7, 11) is 1.60. The summed E-state index contributed by atoms with van der Waals surface area (Å²) in [6, 6.07) is 12.2. The molecule has 0 aromatic heterocycles. The molecular weight excluding hydrogens is 237 g/mol. The van der Waals surface area contributed by atoms with E-state index in [2.05, 4.69) is 0 Å². The number of ether oxygens (including phenoxy) is 1. The van der Waals surface area contributed by atoms with Gasteiger partial charge in [-0.2, -0.15) is 0 Å². The Bertz CT molecular complexity index is 531. The van der Waals surface area contributed by atoms with E-state index in [0.29, 0.717) is 10.6 Å². The molecule has 88 valence electrons. The first-order chi connectivity index (χ1) is 8.19. The van der Waals surface area contributed by atoms with Crippen molar-refractivity contribution >= 4 is 17.4 Å². The lowest BCUT2D eigenvalue weighted by molar-refractivity contribution is 0.413. The second-order valence-electron chi connectivity index (χ2n) is 3.47. The fourth-order valence-electron chi connectivity index (χ4n) is 1.39. The predicted octanol–water partition coefficient (Wildman–Crippen LogP) is 3.57. The summed E-state index contributed by atoms with van der Waals surface area (Å²) in [6.45, 7) is 0. The minimum absolute atomic E-state index is 0.308. The average Bonchev–Trinajstić information content (AvgIpc) is 2.33. The van der Waals surface area contributed by atoms with Gasteiger partial charge in [0.2, 0.25) is 0 Å². The molecular formula is C13H12FNOS. The highest BCUT2D eigenvalue weighted by Crippen LogP contribution is 2.32. The zero-order valence-electron chi connectivity index (χ0n) is 9.31. The van der Waals surface area contributed by atoms with Gasteiger partial charge in [0.25, 0.3) is 0 Å². The van der Waals surface area contributed by atoms with Gasteiger partial charge in [-0.05, 0) is 36.4 Å². The van der Waals surface area contributed by atoms with E-state index in [9.17, 15) is 4.39 Å². The Morgan fingerprint density at radius 3 is 2.71 bits per heavy atom. The van der Waals surface area contributed by atoms with Crippen LogP contribution in [0.25, 0.3) is 0 Å². The van der Waals surface area contributed by atoms with Gasteiger partial charge < -0.3 is 10.5 Å². The SMILES string of the molecule is COc1cccc(Sc2ccc(N)cc2F)c1. The van der Waals surface area contributed by atoms with Crippen LogP contribution in [0.5, 0.6) is 5.75 Å². The minimum Gasteiger partial charge on any atom is -0.497 e. The van der Waals surface area contributed by atoms with Crippen molar-refractivity contribution in [2.75, 3.05) is 12.8 Å². The lowest BCUT2D eigenvalue weighted by atomic mass is 10.3. The number of nitrogens with two attached hydrogens (primary N) is 1. The molecule has 2 rings (SSSR count). The van der Waals surface area contributed by atoms with Gasteiger partial charge in [-0.25, -0.2) is 4.39 Å². The first-order valence-electron chi connectivity index (χ1n) is 5.06. The molecule has 0 bridgehead atoms. The Kier molecular flexibility index (Phi) is 3.54. The van der Waals surface area contributed by atoms with Crippen molar-refractivity contribution in [1.82, 2.24) is 0 Å². The fourth-order valence-corrected chi connectivity index (χ4v) is 2.26. The molecule has 0 unspecified atom stereocenters. The van der Waals surface area contributed by atoms with Crippen molar-refractivity contribution in [3.05, 3.63) is 48.3 Å². The van der Waals surface area contributed by atoms with Crippen LogP contribution in [0.1, 0.15) is 0 Å². The third kappa shape index (κ3) is 2.91. The molecule has 0 amide bonds. The van der Waals surface area contributed by atoms with Gasteiger partial charge in [-0.1, -0.05) is 17.8 Å². The van der Waals surface area contributed by atoms with Gasteiger partial charge >= 0.3 is 0 Å². The Labute approximate surface area is 104 Å². The van der Waals surface area contributed by atoms with Crippen molar-refractivity contribution in [1.29, 1.82) is 0 Å². The Balaban J connectivity index is 2.25. The molecule has 2 N–H and O–H groups in total. The second-order valence-corrected chi connectivity index (χ2v) is 4.59. The van der Waals surface area contributed by atoms with E-state index in [-0.39, 0.29) is 5.82 Å². The molecule has 4 heteroatoms. The maximum atomic E-state index is 13.6. The van der Waals surface area contributed by atoms with Gasteiger partial charge in [-0.15, -0.1) is 0 Å². The molecule has 2 aromatic carbocycles. The maximum absolute atomic E-state index is 13.6. The molecule has 0 saturated heterocycles. The molecule has 0 spiro atoms. The standard InChI is InChI=1S/C13H12FNOS/c1-16-10-3-2-4-11(8-10)17-13-6-5-9(15)7-12(13)14/h2-8H,15H2,1H3. The highest BCUT2D eigenvalue weighted by atomic mass is 32.2. The van der Waals surface area contributed by atoms with Crippen LogP contribution in [-0.2, 0) is 0 Å². The molecule has 2 aromatic rings. The molecule has 0 radical (unpaired) electrons. The smallest absolute Gasteiger partial charge is 0.139 e. The topological polar surface area (TPSA) is 35.2 Å². The highest BCUT2D eigenvalue weighted by molar-refractivity contribution is 7.99. The fraction of sp³-hybridized carbons (Fsp3) is 0.0769. The molecule has 2 nitrogen and oxygen atoms in total. The van der Waals surface area contributed by atoms with Crippen LogP contribution in [0, 0.1) is 5.82 Å². The molecule has 17 heavy (non-hydrogen) atoms. The Morgan fingerprint density at radius 1 is 1.18 bits per heavy atom. The van der Waals surface area contributed by atoms with E-state index in [4.69, 9.17) is 10.5 Å². The number of hydrogen-bond donors (Lipinski definition) is 1. The summed E-state index contributed by atoms with van der Waals surface area (Å²) in [5.41, 5.74) is 5.93. The summed E-state index contributed by atoms with van der Waals surface area (Å²) < 4.78 is 18.7. The van der Waals surface area contributed by atoms with Crippen LogP contribution in [0.2, 0.25) is 0 Å². The van der Waals surface area contributed by atoms with Crippen molar-refractivity contribution < 1.29 is 9.13 Å². The van der Waals surface area contributed by atoms with Crippen LogP contribution >= 0.6 is 11.8 Å². The zero-order valence-corrected chi connectivity index (χ0v) is 10.1. The van der Waals surface area contributed by atoms with Crippen molar-refractivity contribution in [2.45, 2.75) is 9.79 Å². The molecule has 0 atom stereocenters. The average molecular weight is 249 g/mol. The van der Waals surface area contributed by atoms with E-state index in [1.807, 2.05) is 24.3 Å². The summed E-state index contributed by atoms with van der Waals surface area (Å²) in [6.07, 6.45) is 0. The third-order valence-electron chi connectivity index (χ3n) is 2.22. The lowest BCUT2D eigenvalue weighted by Crippen LogP contribution is -1.88. The van der Waals surface area contributed by atoms with Crippen molar-refractivity contribution in [3.63, 3.8) is 0 Å². The van der Waals surface area contributed by atoms with Gasteiger partial charge in [0, 0.05) is 15.5 Å². The molecule has 0 aliphatic rings. The number of anilines is 1. The quantitative estimate of drug-likeness (QED) is 0.845. The molecule has 0 aliphatic carbocycles. The van der Waals surface area contributed by atoms with Crippen LogP contribution in [0.3, 0.4) is 0 Å². The Hall–Kier alpha value is -1.68. The lowest BCUT2D eigenvalue weighted by Gasteiger charge is -2.05. The van der Waals surface area contributed by atoms with E-state index in [0.717, 1.165) is 10.6 Å². The van der Waals surface area contributed by atoms with Crippen LogP contribution < -0.4 is 10.5 Å². The monoisotopic (exact) mass is 249 g/mol. The zero-order chi connectivity index (χ0) is 12.3. The third-order valence-corrected chi connectivity index (χ3v) is 3.27. The number of methoxy groups -OCH3 is 1.